The molecule has 0 spiro atoms. The van der Waals surface area contributed by atoms with Crippen LogP contribution in [0.5, 0.6) is 11.5 Å². The van der Waals surface area contributed by atoms with Crippen molar-refractivity contribution in [1.29, 1.82) is 0 Å². The Morgan fingerprint density at radius 3 is 1.51 bits per heavy atom. The Bertz CT molecular complexity index is 3120. The Morgan fingerprint density at radius 1 is 0.549 bits per heavy atom. The predicted molar refractivity (Wildman–Crippen MR) is 220 cm³/mol. The maximum atomic E-state index is 12.7. The van der Waals surface area contributed by atoms with Gasteiger partial charge in [0, 0.05) is 23.5 Å². The second-order valence-electron chi connectivity index (χ2n) is 12.2. The zero-order chi connectivity index (χ0) is 49.0. The van der Waals surface area contributed by atoms with Crippen LogP contribution in [-0.4, -0.2) is 92.7 Å². The van der Waals surface area contributed by atoms with Crippen LogP contribution in [0.4, 0.5) is 46.0 Å². The number of rotatable bonds is 24. The van der Waals surface area contributed by atoms with Gasteiger partial charge in [-0.2, -0.15) is 15.0 Å². The van der Waals surface area contributed by atoms with Gasteiger partial charge in [0.15, 0.2) is 44.3 Å². The third-order valence-corrected chi connectivity index (χ3v) is 13.8. The number of aromatic nitrogens is 3. The van der Waals surface area contributed by atoms with E-state index >= 15 is 0 Å². The SMILES string of the molecule is O=S(=O)([O-])c1ccc(Nc2nc(Cl)nc(Nc3ccc(S(=O)(=O)CCOSOO[O-])cc3)n2)cc1N=Nc1cc(N=Nc2ccc(S(=O)(=O)CCOSOO[O-])cc2S(=O)(=O)[O-])c(O)cc1O.[Na+].[Na+].[Na+].[Na+]. The molecule has 1 heterocycles. The number of nitrogens with one attached hydrogen (secondary N) is 2. The molecule has 71 heavy (non-hydrogen) atoms. The maximum absolute atomic E-state index is 12.7. The molecule has 0 aliphatic carbocycles. The molecule has 0 aliphatic heterocycles. The van der Waals surface area contributed by atoms with Crippen molar-refractivity contribution in [1.82, 2.24) is 15.0 Å². The molecule has 4 aromatic carbocycles. The molecule has 0 atom stereocenters. The molecule has 0 amide bonds. The average Bonchev–Trinajstić information content (AvgIpc) is 3.25. The average molecular weight is 1160 g/mol. The number of aromatic hydroxyl groups is 2. The van der Waals surface area contributed by atoms with Crippen LogP contribution in [0.3, 0.4) is 0 Å². The summed E-state index contributed by atoms with van der Waals surface area (Å²) in [5.41, 5.74) is -2.13. The number of hydrogen-bond donors (Lipinski definition) is 4. The number of nitrogens with zero attached hydrogens (tertiary/aromatic N) is 7. The first-order valence-corrected chi connectivity index (χ1v) is 25.0. The molecule has 5 rings (SSSR count). The molecule has 29 nitrogen and oxygen atoms in total. The number of sulfone groups is 2. The molecule has 0 saturated carbocycles. The minimum atomic E-state index is -5.43. The summed E-state index contributed by atoms with van der Waals surface area (Å²) in [5.74, 6) is -3.22. The summed E-state index contributed by atoms with van der Waals surface area (Å²) < 4.78 is 140. The topological polar surface area (TPSA) is 437 Å². The Balaban J connectivity index is 0.00000630. The van der Waals surface area contributed by atoms with Crippen molar-refractivity contribution >= 4 is 122 Å². The summed E-state index contributed by atoms with van der Waals surface area (Å²) in [5, 5.41) is 66.6. The number of phenols is 2. The van der Waals surface area contributed by atoms with Gasteiger partial charge >= 0.3 is 118 Å². The Hall–Kier alpha value is -1.32. The van der Waals surface area contributed by atoms with Crippen LogP contribution in [0.25, 0.3) is 0 Å². The second-order valence-corrected chi connectivity index (χ2v) is 20.4. The van der Waals surface area contributed by atoms with Gasteiger partial charge in [-0.15, -0.1) is 29.1 Å². The standard InChI is InChI=1S/C31H28ClN9O20S6.4Na/c32-29-35-30(33-17-1-4-19(5-2-17)64(46,47)11-9-56-62-60-58-44)37-31(36-29)34-18-3-8-27(66(50,51)52)24(13-18)41-40-23-15-22(25(42)16-26(23)43)39-38-21-7-6-20(14-28(21)67(53,54)55)65(48,49)12-10-57-63-61-59-45;;;;/h1-8,13-16,42-45H,9-12H2,(H,50,51,52)(H,53,54,55)(H2,33,34,35,36,37);;;;/q;4*+1/p-4. The summed E-state index contributed by atoms with van der Waals surface area (Å²) >= 11 is 6.27. The third kappa shape index (κ3) is 21.0. The number of benzene rings is 4. The van der Waals surface area contributed by atoms with Crippen molar-refractivity contribution in [2.75, 3.05) is 35.4 Å². The van der Waals surface area contributed by atoms with E-state index in [9.17, 15) is 63.5 Å². The van der Waals surface area contributed by atoms with Crippen molar-refractivity contribution in [2.24, 2.45) is 20.5 Å². The summed E-state index contributed by atoms with van der Waals surface area (Å²) in [6.45, 7) is -0.905. The molecular weight excluding hydrogens is 1140 g/mol. The zero-order valence-electron chi connectivity index (χ0n) is 36.5. The van der Waals surface area contributed by atoms with Crippen LogP contribution in [0.1, 0.15) is 0 Å². The van der Waals surface area contributed by atoms with Gasteiger partial charge in [-0.1, -0.05) is 0 Å². The van der Waals surface area contributed by atoms with Crippen LogP contribution in [-0.2, 0) is 67.0 Å². The van der Waals surface area contributed by atoms with Crippen molar-refractivity contribution in [3.63, 3.8) is 0 Å². The van der Waals surface area contributed by atoms with Crippen LogP contribution in [0, 0.1) is 0 Å². The molecule has 0 radical (unpaired) electrons. The zero-order valence-corrected chi connectivity index (χ0v) is 50.1. The van der Waals surface area contributed by atoms with E-state index < -0.39 is 107 Å². The van der Waals surface area contributed by atoms with Gasteiger partial charge in [0.25, 0.3) is 0 Å². The van der Waals surface area contributed by atoms with E-state index in [4.69, 9.17) is 15.8 Å². The van der Waals surface area contributed by atoms with Gasteiger partial charge in [-0.05, 0) is 72.3 Å². The number of azo groups is 2. The Kier molecular flexibility index (Phi) is 29.6. The van der Waals surface area contributed by atoms with Gasteiger partial charge in [-0.25, -0.2) is 33.7 Å². The fraction of sp³-hybridized carbons (Fsp3) is 0.129. The van der Waals surface area contributed by atoms with Gasteiger partial charge in [-0.3, -0.25) is 18.4 Å². The minimum absolute atomic E-state index is 0. The Labute approximate surface area is 504 Å². The van der Waals surface area contributed by atoms with Crippen molar-refractivity contribution < 1.29 is 209 Å². The number of phenolic OH excluding ortho intramolecular Hbond substituents is 2. The van der Waals surface area contributed by atoms with E-state index in [1.165, 1.54) is 24.3 Å². The molecule has 0 fully saturated rings. The predicted octanol–water partition coefficient (Wildman–Crippen LogP) is -8.77. The number of hydrogen-bond acceptors (Lipinski definition) is 31. The molecule has 5 aromatic rings. The fourth-order valence-electron chi connectivity index (χ4n) is 4.90. The monoisotopic (exact) mass is 1160 g/mol. The molecular formula is C31H24ClN9Na4O20S6. The van der Waals surface area contributed by atoms with E-state index in [0.717, 1.165) is 36.4 Å². The Morgan fingerprint density at radius 2 is 1.00 bits per heavy atom. The van der Waals surface area contributed by atoms with Crippen LogP contribution in [0.2, 0.25) is 5.28 Å². The van der Waals surface area contributed by atoms with Crippen molar-refractivity contribution in [2.45, 2.75) is 19.6 Å². The number of anilines is 4. The molecule has 4 N–H and O–H groups in total. The summed E-state index contributed by atoms with van der Waals surface area (Å²) in [4.78, 5) is 9.26. The summed E-state index contributed by atoms with van der Waals surface area (Å²) in [6.07, 6.45) is 0. The van der Waals surface area contributed by atoms with Crippen LogP contribution < -0.4 is 139 Å². The van der Waals surface area contributed by atoms with Gasteiger partial charge in [0.1, 0.15) is 54.5 Å². The first-order valence-electron chi connectivity index (χ1n) is 17.2. The maximum Gasteiger partial charge on any atom is 1.00 e. The smallest absolute Gasteiger partial charge is 0.744 e. The van der Waals surface area contributed by atoms with E-state index in [1.54, 1.807) is 0 Å². The molecule has 40 heteroatoms. The summed E-state index contributed by atoms with van der Waals surface area (Å²) in [6, 6.07) is 11.9. The van der Waals surface area contributed by atoms with Crippen LogP contribution >= 0.6 is 36.2 Å². The molecule has 0 saturated heterocycles. The first-order chi connectivity index (χ1) is 31.6. The minimum Gasteiger partial charge on any atom is -0.744 e. The quantitative estimate of drug-likeness (QED) is 0.00848. The third-order valence-electron chi connectivity index (χ3n) is 7.80. The molecule has 360 valence electrons. The first kappa shape index (κ1) is 67.7. The summed E-state index contributed by atoms with van der Waals surface area (Å²) in [7, 11) is -18.8. The normalized spacial score (nSPS) is 11.8. The van der Waals surface area contributed by atoms with E-state index in [0.29, 0.717) is 12.1 Å². The largest absolute Gasteiger partial charge is 1.00 e. The van der Waals surface area contributed by atoms with E-state index in [1.807, 2.05) is 0 Å². The van der Waals surface area contributed by atoms with Gasteiger partial charge in [0.2, 0.25) is 17.2 Å². The second kappa shape index (κ2) is 31.0. The molecule has 0 aliphatic rings. The number of halogens is 1. The molecule has 0 unspecified atom stereocenters. The molecule has 0 bridgehead atoms. The van der Waals surface area contributed by atoms with Gasteiger partial charge < -0.3 is 40.5 Å². The van der Waals surface area contributed by atoms with E-state index in [-0.39, 0.29) is 183 Å². The van der Waals surface area contributed by atoms with E-state index in [2.05, 4.69) is 69.0 Å². The van der Waals surface area contributed by atoms with Crippen LogP contribution in [0.15, 0.2) is 113 Å². The van der Waals surface area contributed by atoms with Crippen molar-refractivity contribution in [3.8, 4) is 11.5 Å². The van der Waals surface area contributed by atoms with Crippen molar-refractivity contribution in [3.05, 3.63) is 78.1 Å². The van der Waals surface area contributed by atoms with Gasteiger partial charge in [0.05, 0.1) is 44.3 Å². The molecule has 1 aromatic heterocycles. The fourth-order valence-corrected chi connectivity index (χ4v) is 9.20.